The summed E-state index contributed by atoms with van der Waals surface area (Å²) >= 11 is 0. The van der Waals surface area contributed by atoms with Crippen molar-refractivity contribution in [3.63, 3.8) is 0 Å². The maximum absolute atomic E-state index is 13.5. The topological polar surface area (TPSA) is 41.1 Å². The quantitative estimate of drug-likeness (QED) is 0.888. The zero-order chi connectivity index (χ0) is 18.1. The van der Waals surface area contributed by atoms with Crippen molar-refractivity contribution in [2.24, 2.45) is 5.41 Å². The average Bonchev–Trinajstić information content (AvgIpc) is 3.05. The Hall–Kier alpha value is -2.11. The lowest BCUT2D eigenvalue weighted by Crippen LogP contribution is -2.55. The van der Waals surface area contributed by atoms with Crippen molar-refractivity contribution < 1.29 is 13.6 Å². The molecule has 136 valence electrons. The van der Waals surface area contributed by atoms with Crippen LogP contribution in [0.5, 0.6) is 0 Å². The van der Waals surface area contributed by atoms with E-state index in [1.54, 1.807) is 24.3 Å². The molecule has 0 amide bonds. The number of piperidine rings is 1. The third-order valence-electron chi connectivity index (χ3n) is 5.85. The van der Waals surface area contributed by atoms with E-state index in [-0.39, 0.29) is 29.4 Å². The number of benzene rings is 2. The number of nitrogens with one attached hydrogen (secondary N) is 2. The van der Waals surface area contributed by atoms with E-state index in [0.29, 0.717) is 19.5 Å². The third-order valence-corrected chi connectivity index (χ3v) is 5.85. The van der Waals surface area contributed by atoms with Crippen LogP contribution in [0.2, 0.25) is 0 Å². The summed E-state index contributed by atoms with van der Waals surface area (Å²) in [5, 5.41) is 6.90. The molecule has 0 aromatic heterocycles. The monoisotopic (exact) mass is 356 g/mol. The molecular formula is C21H22F2N2O. The first-order valence-corrected chi connectivity index (χ1v) is 9.08. The van der Waals surface area contributed by atoms with Crippen molar-refractivity contribution in [3.05, 3.63) is 71.3 Å². The fraction of sp³-hybridized carbons (Fsp3) is 0.381. The molecule has 2 aromatic carbocycles. The van der Waals surface area contributed by atoms with Crippen LogP contribution in [0, 0.1) is 17.0 Å². The van der Waals surface area contributed by atoms with Crippen LogP contribution in [-0.4, -0.2) is 31.5 Å². The second-order valence-corrected chi connectivity index (χ2v) is 7.27. The fourth-order valence-corrected chi connectivity index (χ4v) is 4.53. The zero-order valence-corrected chi connectivity index (χ0v) is 14.5. The number of hydrogen-bond acceptors (Lipinski definition) is 3. The first kappa shape index (κ1) is 17.3. The van der Waals surface area contributed by atoms with Gasteiger partial charge in [-0.25, -0.2) is 8.78 Å². The molecule has 0 radical (unpaired) electrons. The smallest absolute Gasteiger partial charge is 0.143 e. The van der Waals surface area contributed by atoms with Gasteiger partial charge >= 0.3 is 0 Å². The summed E-state index contributed by atoms with van der Waals surface area (Å²) in [6, 6.07) is 12.7. The number of Topliss-reactive ketones (excluding diaryl/α,β-unsaturated/α-hetero) is 1. The van der Waals surface area contributed by atoms with Crippen molar-refractivity contribution >= 4 is 5.78 Å². The Kier molecular flexibility index (Phi) is 4.59. The van der Waals surface area contributed by atoms with Crippen LogP contribution in [0.1, 0.15) is 29.9 Å². The maximum atomic E-state index is 13.5. The molecule has 0 aliphatic carbocycles. The highest BCUT2D eigenvalue weighted by atomic mass is 19.1. The molecule has 2 N–H and O–H groups in total. The summed E-state index contributed by atoms with van der Waals surface area (Å²) in [6.07, 6.45) is 1.31. The largest absolute Gasteiger partial charge is 0.315 e. The van der Waals surface area contributed by atoms with Crippen molar-refractivity contribution in [1.29, 1.82) is 0 Å². The Morgan fingerprint density at radius 3 is 2.04 bits per heavy atom. The van der Waals surface area contributed by atoms with Gasteiger partial charge in [0.05, 0.1) is 5.41 Å². The Bertz CT molecular complexity index is 745. The third kappa shape index (κ3) is 2.95. The molecule has 2 aliphatic heterocycles. The van der Waals surface area contributed by atoms with E-state index in [1.807, 2.05) is 0 Å². The minimum atomic E-state index is -0.480. The predicted octanol–water partition coefficient (Wildman–Crippen LogP) is 3.01. The number of hydrogen-bond donors (Lipinski definition) is 2. The van der Waals surface area contributed by atoms with Crippen molar-refractivity contribution in [2.75, 3.05) is 19.6 Å². The SMILES string of the molecule is O=C1CCNCC12CCNC2C(c1ccc(F)cc1)c1ccc(F)cc1. The van der Waals surface area contributed by atoms with Gasteiger partial charge in [0.1, 0.15) is 17.4 Å². The standard InChI is InChI=1S/C21H22F2N2O/c22-16-5-1-14(2-6-16)19(15-3-7-17(23)8-4-15)20-21(10-12-25-20)13-24-11-9-18(21)26/h1-8,19-20,24-25H,9-13H2. The maximum Gasteiger partial charge on any atom is 0.143 e. The van der Waals surface area contributed by atoms with Crippen LogP contribution in [0.4, 0.5) is 8.78 Å². The lowest BCUT2D eigenvalue weighted by atomic mass is 9.66. The average molecular weight is 356 g/mol. The van der Waals surface area contributed by atoms with E-state index in [9.17, 15) is 13.6 Å². The van der Waals surface area contributed by atoms with E-state index >= 15 is 0 Å². The van der Waals surface area contributed by atoms with Gasteiger partial charge in [0.15, 0.2) is 0 Å². The molecule has 2 fully saturated rings. The first-order valence-electron chi connectivity index (χ1n) is 9.08. The van der Waals surface area contributed by atoms with Crippen LogP contribution in [0.3, 0.4) is 0 Å². The zero-order valence-electron chi connectivity index (χ0n) is 14.5. The minimum Gasteiger partial charge on any atom is -0.315 e. The van der Waals surface area contributed by atoms with Crippen molar-refractivity contribution in [3.8, 4) is 0 Å². The van der Waals surface area contributed by atoms with Gasteiger partial charge in [0.2, 0.25) is 0 Å². The van der Waals surface area contributed by atoms with Crippen molar-refractivity contribution in [2.45, 2.75) is 24.8 Å². The highest BCUT2D eigenvalue weighted by Crippen LogP contribution is 2.44. The van der Waals surface area contributed by atoms with Crippen LogP contribution in [0.25, 0.3) is 0 Å². The first-order chi connectivity index (χ1) is 12.6. The Morgan fingerprint density at radius 1 is 0.923 bits per heavy atom. The Labute approximate surface area is 151 Å². The number of ketones is 1. The summed E-state index contributed by atoms with van der Waals surface area (Å²) < 4.78 is 26.9. The van der Waals surface area contributed by atoms with E-state index < -0.39 is 5.41 Å². The fourth-order valence-electron chi connectivity index (χ4n) is 4.53. The van der Waals surface area contributed by atoms with Crippen LogP contribution in [0.15, 0.2) is 48.5 Å². The summed E-state index contributed by atoms with van der Waals surface area (Å²) in [6.45, 7) is 2.12. The molecule has 0 saturated carbocycles. The molecule has 3 nitrogen and oxygen atoms in total. The lowest BCUT2D eigenvalue weighted by molar-refractivity contribution is -0.131. The van der Waals surface area contributed by atoms with Gasteiger partial charge in [0.25, 0.3) is 0 Å². The summed E-state index contributed by atoms with van der Waals surface area (Å²) in [5.41, 5.74) is 1.37. The molecule has 1 spiro atoms. The highest BCUT2D eigenvalue weighted by molar-refractivity contribution is 5.87. The van der Waals surface area contributed by atoms with Gasteiger partial charge in [-0.1, -0.05) is 24.3 Å². The molecule has 2 atom stereocenters. The van der Waals surface area contributed by atoms with Gasteiger partial charge < -0.3 is 10.6 Å². The van der Waals surface area contributed by atoms with Gasteiger partial charge in [0, 0.05) is 31.5 Å². The van der Waals surface area contributed by atoms with Gasteiger partial charge in [-0.15, -0.1) is 0 Å². The molecule has 2 aromatic rings. The lowest BCUT2D eigenvalue weighted by Gasteiger charge is -2.41. The Balaban J connectivity index is 1.80. The van der Waals surface area contributed by atoms with E-state index in [1.165, 1.54) is 24.3 Å². The number of carbonyl (C=O) groups is 1. The minimum absolute atomic E-state index is 0.112. The van der Waals surface area contributed by atoms with Crippen LogP contribution >= 0.6 is 0 Å². The second-order valence-electron chi connectivity index (χ2n) is 7.27. The number of carbonyl (C=O) groups excluding carboxylic acids is 1. The molecule has 2 heterocycles. The summed E-state index contributed by atoms with van der Waals surface area (Å²) in [4.78, 5) is 12.9. The molecule has 2 aliphatic rings. The molecule has 4 rings (SSSR count). The summed E-state index contributed by atoms with van der Waals surface area (Å²) in [7, 11) is 0. The van der Waals surface area contributed by atoms with E-state index in [4.69, 9.17) is 0 Å². The second kappa shape index (κ2) is 6.89. The predicted molar refractivity (Wildman–Crippen MR) is 96.0 cm³/mol. The molecular weight excluding hydrogens is 334 g/mol. The molecule has 2 saturated heterocycles. The molecule has 2 unspecified atom stereocenters. The highest BCUT2D eigenvalue weighted by Gasteiger charge is 2.52. The van der Waals surface area contributed by atoms with Gasteiger partial charge in [-0.3, -0.25) is 4.79 Å². The van der Waals surface area contributed by atoms with Crippen LogP contribution in [-0.2, 0) is 4.79 Å². The summed E-state index contributed by atoms with van der Waals surface area (Å²) in [5.74, 6) is -0.463. The van der Waals surface area contributed by atoms with Gasteiger partial charge in [-0.2, -0.15) is 0 Å². The molecule has 5 heteroatoms. The number of halogens is 2. The molecule has 0 bridgehead atoms. The normalized spacial score (nSPS) is 26.0. The van der Waals surface area contributed by atoms with Crippen LogP contribution < -0.4 is 10.6 Å². The molecule has 26 heavy (non-hydrogen) atoms. The van der Waals surface area contributed by atoms with E-state index in [2.05, 4.69) is 10.6 Å². The van der Waals surface area contributed by atoms with E-state index in [0.717, 1.165) is 24.1 Å². The Morgan fingerprint density at radius 2 is 1.50 bits per heavy atom. The van der Waals surface area contributed by atoms with Crippen molar-refractivity contribution in [1.82, 2.24) is 10.6 Å². The van der Waals surface area contributed by atoms with Gasteiger partial charge in [-0.05, 0) is 48.4 Å². The number of rotatable bonds is 3.